The maximum atomic E-state index is 6.18. The largest absolute Gasteiger partial charge is 0.469 e. The zero-order valence-electron chi connectivity index (χ0n) is 10.7. The van der Waals surface area contributed by atoms with E-state index < -0.39 is 0 Å². The van der Waals surface area contributed by atoms with E-state index in [-0.39, 0.29) is 0 Å². The molecule has 1 aromatic heterocycles. The summed E-state index contributed by atoms with van der Waals surface area (Å²) in [6, 6.07) is 0. The molecule has 0 unspecified atom stereocenters. The van der Waals surface area contributed by atoms with E-state index in [1.165, 1.54) is 36.1 Å². The Balaban J connectivity index is 1.89. The van der Waals surface area contributed by atoms with E-state index in [1.807, 2.05) is 6.26 Å². The Hall–Kier alpha value is -0.760. The van der Waals surface area contributed by atoms with Crippen LogP contribution in [0.1, 0.15) is 49.2 Å². The fourth-order valence-electron chi connectivity index (χ4n) is 4.61. The van der Waals surface area contributed by atoms with Crippen molar-refractivity contribution in [2.24, 2.45) is 17.3 Å². The van der Waals surface area contributed by atoms with Gasteiger partial charge in [0.1, 0.15) is 5.76 Å². The third kappa shape index (κ3) is 1.10. The zero-order chi connectivity index (χ0) is 11.6. The van der Waals surface area contributed by atoms with Gasteiger partial charge in [0, 0.05) is 17.4 Å². The molecule has 1 aliphatic heterocycles. The lowest BCUT2D eigenvalue weighted by atomic mass is 9.55. The average Bonchev–Trinajstić information content (AvgIpc) is 2.82. The molecule has 2 heterocycles. The van der Waals surface area contributed by atoms with Crippen molar-refractivity contribution in [3.63, 3.8) is 0 Å². The minimum Gasteiger partial charge on any atom is -0.469 e. The standard InChI is InChI=1S/C15H20O2/c1-9-7-16-12-6-10-4-3-5-11-8-17-14(13(9)12)15(10,11)2/h7,10-11,14H,3-6,8H2,1-2H3/t10-,11-,14+,15+/m1/s1. The second-order valence-electron chi connectivity index (χ2n) is 6.36. The van der Waals surface area contributed by atoms with Gasteiger partial charge in [0.05, 0.1) is 19.0 Å². The van der Waals surface area contributed by atoms with Crippen LogP contribution in [0, 0.1) is 24.2 Å². The van der Waals surface area contributed by atoms with Crippen molar-refractivity contribution in [1.29, 1.82) is 0 Å². The smallest absolute Gasteiger partial charge is 0.110 e. The summed E-state index contributed by atoms with van der Waals surface area (Å²) in [5.41, 5.74) is 3.05. The molecule has 2 nitrogen and oxygen atoms in total. The van der Waals surface area contributed by atoms with Crippen LogP contribution in [-0.2, 0) is 11.2 Å². The Morgan fingerprint density at radius 1 is 1.29 bits per heavy atom. The molecule has 3 aliphatic rings. The molecule has 0 amide bonds. The Bertz CT molecular complexity index is 461. The zero-order valence-corrected chi connectivity index (χ0v) is 10.7. The van der Waals surface area contributed by atoms with Crippen molar-refractivity contribution in [2.75, 3.05) is 6.61 Å². The first-order valence-electron chi connectivity index (χ1n) is 6.89. The highest BCUT2D eigenvalue weighted by atomic mass is 16.5. The van der Waals surface area contributed by atoms with Crippen molar-refractivity contribution in [3.8, 4) is 0 Å². The molecule has 1 saturated carbocycles. The van der Waals surface area contributed by atoms with Gasteiger partial charge in [0.25, 0.3) is 0 Å². The predicted molar refractivity (Wildman–Crippen MR) is 64.8 cm³/mol. The highest BCUT2D eigenvalue weighted by molar-refractivity contribution is 5.36. The second kappa shape index (κ2) is 3.17. The van der Waals surface area contributed by atoms with Crippen LogP contribution in [0.15, 0.2) is 10.7 Å². The molecule has 0 N–H and O–H groups in total. The summed E-state index contributed by atoms with van der Waals surface area (Å²) in [5, 5.41) is 0. The first-order chi connectivity index (χ1) is 8.21. The van der Waals surface area contributed by atoms with Crippen molar-refractivity contribution >= 4 is 0 Å². The molecule has 2 heteroatoms. The minimum absolute atomic E-state index is 0.306. The summed E-state index contributed by atoms with van der Waals surface area (Å²) in [4.78, 5) is 0. The van der Waals surface area contributed by atoms with Gasteiger partial charge in [-0.3, -0.25) is 0 Å². The number of hydrogen-bond acceptors (Lipinski definition) is 2. The predicted octanol–water partition coefficient (Wildman–Crippen LogP) is 3.64. The van der Waals surface area contributed by atoms with E-state index in [4.69, 9.17) is 9.15 Å². The summed E-state index contributed by atoms with van der Waals surface area (Å²) >= 11 is 0. The van der Waals surface area contributed by atoms with Crippen molar-refractivity contribution in [2.45, 2.75) is 45.6 Å². The molecule has 4 rings (SSSR count). The highest BCUT2D eigenvalue weighted by Gasteiger charge is 2.58. The van der Waals surface area contributed by atoms with E-state index in [9.17, 15) is 0 Å². The maximum absolute atomic E-state index is 6.18. The summed E-state index contributed by atoms with van der Waals surface area (Å²) in [7, 11) is 0. The molecule has 1 saturated heterocycles. The topological polar surface area (TPSA) is 22.4 Å². The quantitative estimate of drug-likeness (QED) is 0.681. The van der Waals surface area contributed by atoms with Crippen molar-refractivity contribution in [3.05, 3.63) is 23.2 Å². The second-order valence-corrected chi connectivity index (χ2v) is 6.36. The molecule has 1 aromatic rings. The Morgan fingerprint density at radius 2 is 2.12 bits per heavy atom. The average molecular weight is 232 g/mol. The highest BCUT2D eigenvalue weighted by Crippen LogP contribution is 2.62. The molecule has 92 valence electrons. The number of hydrogen-bond donors (Lipinski definition) is 0. The molecule has 2 aliphatic carbocycles. The maximum Gasteiger partial charge on any atom is 0.110 e. The number of ether oxygens (including phenoxy) is 1. The SMILES string of the molecule is Cc1coc2c1[C@@H]1OC[C@H]3CCC[C@H](C2)[C@@]31C. The van der Waals surface area contributed by atoms with E-state index in [0.717, 1.165) is 24.9 Å². The van der Waals surface area contributed by atoms with Gasteiger partial charge in [-0.25, -0.2) is 0 Å². The van der Waals surface area contributed by atoms with Crippen LogP contribution in [0.25, 0.3) is 0 Å². The van der Waals surface area contributed by atoms with Crippen LogP contribution in [0.3, 0.4) is 0 Å². The van der Waals surface area contributed by atoms with Gasteiger partial charge in [-0.05, 0) is 37.2 Å². The lowest BCUT2D eigenvalue weighted by Crippen LogP contribution is -2.43. The number of aryl methyl sites for hydroxylation is 1. The minimum atomic E-state index is 0.306. The van der Waals surface area contributed by atoms with Crippen LogP contribution in [0.2, 0.25) is 0 Å². The first-order valence-corrected chi connectivity index (χ1v) is 6.89. The molecule has 0 radical (unpaired) electrons. The number of furan rings is 1. The Morgan fingerprint density at radius 3 is 3.00 bits per heavy atom. The van der Waals surface area contributed by atoms with Crippen LogP contribution < -0.4 is 0 Å². The molecule has 4 atom stereocenters. The van der Waals surface area contributed by atoms with Crippen LogP contribution in [-0.4, -0.2) is 6.61 Å². The third-order valence-electron chi connectivity index (χ3n) is 5.69. The van der Waals surface area contributed by atoms with Crippen LogP contribution in [0.5, 0.6) is 0 Å². The fraction of sp³-hybridized carbons (Fsp3) is 0.733. The Labute approximate surface area is 102 Å². The van der Waals surface area contributed by atoms with E-state index in [0.29, 0.717) is 11.5 Å². The van der Waals surface area contributed by atoms with Crippen LogP contribution >= 0.6 is 0 Å². The number of fused-ring (bicyclic) bond motifs is 2. The van der Waals surface area contributed by atoms with E-state index >= 15 is 0 Å². The molecule has 2 fully saturated rings. The molecular weight excluding hydrogens is 212 g/mol. The van der Waals surface area contributed by atoms with Crippen molar-refractivity contribution in [1.82, 2.24) is 0 Å². The summed E-state index contributed by atoms with van der Waals surface area (Å²) in [5.74, 6) is 2.75. The molecule has 17 heavy (non-hydrogen) atoms. The van der Waals surface area contributed by atoms with Gasteiger partial charge < -0.3 is 9.15 Å². The normalized spacial score (nSPS) is 43.3. The van der Waals surface area contributed by atoms with E-state index in [1.54, 1.807) is 0 Å². The number of rotatable bonds is 0. The van der Waals surface area contributed by atoms with Gasteiger partial charge >= 0.3 is 0 Å². The van der Waals surface area contributed by atoms with Gasteiger partial charge in [0.15, 0.2) is 0 Å². The fourth-order valence-corrected chi connectivity index (χ4v) is 4.61. The lowest BCUT2D eigenvalue weighted by Gasteiger charge is -2.48. The Kier molecular flexibility index (Phi) is 1.90. The lowest BCUT2D eigenvalue weighted by molar-refractivity contribution is -0.0155. The van der Waals surface area contributed by atoms with Gasteiger partial charge in [0.2, 0.25) is 0 Å². The van der Waals surface area contributed by atoms with Gasteiger partial charge in [-0.15, -0.1) is 0 Å². The summed E-state index contributed by atoms with van der Waals surface area (Å²) in [6.07, 6.45) is 7.44. The summed E-state index contributed by atoms with van der Waals surface area (Å²) < 4.78 is 11.9. The molecule has 0 spiro atoms. The molecular formula is C15H20O2. The van der Waals surface area contributed by atoms with Crippen molar-refractivity contribution < 1.29 is 9.15 Å². The molecule has 0 aromatic carbocycles. The monoisotopic (exact) mass is 232 g/mol. The van der Waals surface area contributed by atoms with Gasteiger partial charge in [-0.2, -0.15) is 0 Å². The van der Waals surface area contributed by atoms with Gasteiger partial charge in [-0.1, -0.05) is 13.3 Å². The van der Waals surface area contributed by atoms with Crippen LogP contribution in [0.4, 0.5) is 0 Å². The van der Waals surface area contributed by atoms with E-state index in [2.05, 4.69) is 13.8 Å². The summed E-state index contributed by atoms with van der Waals surface area (Å²) in [6.45, 7) is 5.59. The first kappa shape index (κ1) is 10.2. The molecule has 0 bridgehead atoms. The third-order valence-corrected chi connectivity index (χ3v) is 5.69.